The van der Waals surface area contributed by atoms with Gasteiger partial charge in [-0.15, -0.1) is 0 Å². The lowest BCUT2D eigenvalue weighted by Gasteiger charge is -2.29. The number of hydrogen-bond acceptors (Lipinski definition) is 5. The molecule has 0 saturated heterocycles. The minimum Gasteiger partial charge on any atom is -0.496 e. The zero-order chi connectivity index (χ0) is 24.5. The van der Waals surface area contributed by atoms with E-state index in [-0.39, 0.29) is 48.8 Å². The summed E-state index contributed by atoms with van der Waals surface area (Å²) in [6, 6.07) is 10.2. The molecule has 178 valence electrons. The standard InChI is InChI=1S/C24H22F3N3O4/c1-33-18-8-5-9-19(34-2)21(18)23(32)30-11-10-17-15(13-30)22(31)29-20(28-17)12-14-6-3-4-7-16(14)24(25,26)27/h3-9H,10-13H2,1-2H3,(H,28,29,31). The number of methoxy groups -OCH3 is 2. The van der Waals surface area contributed by atoms with E-state index in [0.29, 0.717) is 22.8 Å². The second-order valence-electron chi connectivity index (χ2n) is 7.78. The monoisotopic (exact) mass is 473 g/mol. The fourth-order valence-electron chi connectivity index (χ4n) is 4.09. The molecule has 1 aliphatic heterocycles. The number of carbonyl (C=O) groups is 1. The van der Waals surface area contributed by atoms with Crippen LogP contribution in [-0.4, -0.2) is 41.5 Å². The molecule has 7 nitrogen and oxygen atoms in total. The molecule has 1 aromatic heterocycles. The Morgan fingerprint density at radius 2 is 1.76 bits per heavy atom. The lowest BCUT2D eigenvalue weighted by Crippen LogP contribution is -2.40. The molecule has 0 saturated carbocycles. The van der Waals surface area contributed by atoms with Crippen molar-refractivity contribution >= 4 is 5.91 Å². The highest BCUT2D eigenvalue weighted by Gasteiger charge is 2.33. The predicted molar refractivity (Wildman–Crippen MR) is 117 cm³/mol. The van der Waals surface area contributed by atoms with Crippen LogP contribution in [0.1, 0.15) is 38.6 Å². The number of alkyl halides is 3. The Balaban J connectivity index is 1.61. The summed E-state index contributed by atoms with van der Waals surface area (Å²) in [7, 11) is 2.90. The zero-order valence-corrected chi connectivity index (χ0v) is 18.5. The molecule has 0 aliphatic carbocycles. The fourth-order valence-corrected chi connectivity index (χ4v) is 4.09. The van der Waals surface area contributed by atoms with E-state index in [1.807, 2.05) is 0 Å². The van der Waals surface area contributed by atoms with E-state index in [1.165, 1.54) is 37.3 Å². The molecular weight excluding hydrogens is 451 g/mol. The van der Waals surface area contributed by atoms with E-state index in [0.717, 1.165) is 6.07 Å². The van der Waals surface area contributed by atoms with Crippen LogP contribution in [-0.2, 0) is 25.6 Å². The number of aromatic amines is 1. The summed E-state index contributed by atoms with van der Waals surface area (Å²) in [6.45, 7) is 0.291. The molecule has 10 heteroatoms. The van der Waals surface area contributed by atoms with Crippen LogP contribution in [0.5, 0.6) is 11.5 Å². The zero-order valence-electron chi connectivity index (χ0n) is 18.5. The van der Waals surface area contributed by atoms with Gasteiger partial charge in [0.25, 0.3) is 11.5 Å². The number of amides is 1. The summed E-state index contributed by atoms with van der Waals surface area (Å²) in [5.74, 6) is 0.482. The van der Waals surface area contributed by atoms with Crippen molar-refractivity contribution in [2.24, 2.45) is 0 Å². The number of H-pyrrole nitrogens is 1. The maximum atomic E-state index is 13.3. The average molecular weight is 473 g/mol. The van der Waals surface area contributed by atoms with E-state index in [4.69, 9.17) is 9.47 Å². The van der Waals surface area contributed by atoms with Gasteiger partial charge in [-0.3, -0.25) is 9.59 Å². The minimum atomic E-state index is -4.51. The Kier molecular flexibility index (Phi) is 6.32. The SMILES string of the molecule is COc1cccc(OC)c1C(=O)N1CCc2nc(Cc3ccccc3C(F)(F)F)[nH]c(=O)c2C1. The summed E-state index contributed by atoms with van der Waals surface area (Å²) in [5, 5.41) is 0. The van der Waals surface area contributed by atoms with Gasteiger partial charge in [-0.25, -0.2) is 4.98 Å². The molecule has 2 aromatic carbocycles. The van der Waals surface area contributed by atoms with E-state index in [1.54, 1.807) is 18.2 Å². The third-order valence-corrected chi connectivity index (χ3v) is 5.73. The molecule has 3 aromatic rings. The van der Waals surface area contributed by atoms with E-state index in [2.05, 4.69) is 9.97 Å². The Labute approximate surface area is 193 Å². The van der Waals surface area contributed by atoms with Gasteiger partial charge in [-0.2, -0.15) is 13.2 Å². The first kappa shape index (κ1) is 23.3. The topological polar surface area (TPSA) is 84.5 Å². The predicted octanol–water partition coefficient (Wildman–Crippen LogP) is 3.60. The number of fused-ring (bicyclic) bond motifs is 1. The first-order chi connectivity index (χ1) is 16.2. The second-order valence-corrected chi connectivity index (χ2v) is 7.78. The number of halogens is 3. The molecule has 0 unspecified atom stereocenters. The number of hydrogen-bond donors (Lipinski definition) is 1. The van der Waals surface area contributed by atoms with Gasteiger partial charge >= 0.3 is 6.18 Å². The molecular formula is C24H22F3N3O4. The number of ether oxygens (including phenoxy) is 2. The molecule has 1 amide bonds. The quantitative estimate of drug-likeness (QED) is 0.612. The van der Waals surface area contributed by atoms with Crippen molar-refractivity contribution in [2.45, 2.75) is 25.6 Å². The summed E-state index contributed by atoms with van der Waals surface area (Å²) in [5.41, 5.74) is -0.192. The third-order valence-electron chi connectivity index (χ3n) is 5.73. The molecule has 1 aliphatic rings. The van der Waals surface area contributed by atoms with Crippen LogP contribution in [0, 0.1) is 0 Å². The Hall–Kier alpha value is -3.82. The number of rotatable bonds is 5. The normalized spacial score (nSPS) is 13.4. The van der Waals surface area contributed by atoms with Crippen LogP contribution in [0.25, 0.3) is 0 Å². The van der Waals surface area contributed by atoms with Crippen LogP contribution >= 0.6 is 0 Å². The van der Waals surface area contributed by atoms with Gasteiger partial charge in [-0.1, -0.05) is 24.3 Å². The van der Waals surface area contributed by atoms with Gasteiger partial charge < -0.3 is 19.4 Å². The van der Waals surface area contributed by atoms with Gasteiger partial charge in [0.15, 0.2) is 0 Å². The van der Waals surface area contributed by atoms with Crippen molar-refractivity contribution < 1.29 is 27.4 Å². The molecule has 0 bridgehead atoms. The molecule has 0 radical (unpaired) electrons. The van der Waals surface area contributed by atoms with Gasteiger partial charge in [-0.05, 0) is 23.8 Å². The van der Waals surface area contributed by atoms with Crippen molar-refractivity contribution in [2.75, 3.05) is 20.8 Å². The van der Waals surface area contributed by atoms with Gasteiger partial charge in [0.1, 0.15) is 22.9 Å². The molecule has 1 N–H and O–H groups in total. The van der Waals surface area contributed by atoms with Gasteiger partial charge in [0.2, 0.25) is 0 Å². The number of nitrogens with zero attached hydrogens (tertiary/aromatic N) is 2. The third kappa shape index (κ3) is 4.48. The van der Waals surface area contributed by atoms with Crippen LogP contribution in [0.3, 0.4) is 0 Å². The minimum absolute atomic E-state index is 0.0110. The molecule has 0 spiro atoms. The van der Waals surface area contributed by atoms with Crippen molar-refractivity contribution in [3.05, 3.63) is 86.6 Å². The maximum Gasteiger partial charge on any atom is 0.416 e. The summed E-state index contributed by atoms with van der Waals surface area (Å²) >= 11 is 0. The number of nitrogens with one attached hydrogen (secondary N) is 1. The number of aromatic nitrogens is 2. The van der Waals surface area contributed by atoms with E-state index >= 15 is 0 Å². The number of carbonyl (C=O) groups excluding carboxylic acids is 1. The highest BCUT2D eigenvalue weighted by atomic mass is 19.4. The van der Waals surface area contributed by atoms with Crippen LogP contribution < -0.4 is 15.0 Å². The number of benzene rings is 2. The average Bonchev–Trinajstić information content (AvgIpc) is 2.82. The molecule has 0 fully saturated rings. The Morgan fingerprint density at radius 1 is 1.09 bits per heavy atom. The highest BCUT2D eigenvalue weighted by Crippen LogP contribution is 2.33. The summed E-state index contributed by atoms with van der Waals surface area (Å²) in [4.78, 5) is 34.5. The molecule has 4 rings (SSSR count). The van der Waals surface area contributed by atoms with Crippen LogP contribution in [0.2, 0.25) is 0 Å². The van der Waals surface area contributed by atoms with Crippen LogP contribution in [0.4, 0.5) is 13.2 Å². The molecule has 2 heterocycles. The summed E-state index contributed by atoms with van der Waals surface area (Å²) < 4.78 is 50.6. The summed E-state index contributed by atoms with van der Waals surface area (Å²) in [6.07, 6.45) is -4.39. The van der Waals surface area contributed by atoms with Crippen LogP contribution in [0.15, 0.2) is 47.3 Å². The maximum absolute atomic E-state index is 13.3. The van der Waals surface area contributed by atoms with E-state index < -0.39 is 17.3 Å². The second kappa shape index (κ2) is 9.20. The van der Waals surface area contributed by atoms with Gasteiger partial charge in [0.05, 0.1) is 37.6 Å². The fraction of sp³-hybridized carbons (Fsp3) is 0.292. The molecule has 0 atom stereocenters. The van der Waals surface area contributed by atoms with Crippen molar-refractivity contribution in [3.8, 4) is 11.5 Å². The van der Waals surface area contributed by atoms with Crippen molar-refractivity contribution in [3.63, 3.8) is 0 Å². The van der Waals surface area contributed by atoms with Crippen molar-refractivity contribution in [1.29, 1.82) is 0 Å². The van der Waals surface area contributed by atoms with Crippen molar-refractivity contribution in [1.82, 2.24) is 14.9 Å². The first-order valence-electron chi connectivity index (χ1n) is 10.5. The lowest BCUT2D eigenvalue weighted by atomic mass is 10.0. The smallest absolute Gasteiger partial charge is 0.416 e. The van der Waals surface area contributed by atoms with Gasteiger partial charge in [0, 0.05) is 19.4 Å². The lowest BCUT2D eigenvalue weighted by molar-refractivity contribution is -0.138. The Bertz CT molecular complexity index is 1260. The van der Waals surface area contributed by atoms with E-state index in [9.17, 15) is 22.8 Å². The highest BCUT2D eigenvalue weighted by molar-refractivity contribution is 5.99. The molecule has 34 heavy (non-hydrogen) atoms. The Morgan fingerprint density at radius 3 is 2.41 bits per heavy atom. The largest absolute Gasteiger partial charge is 0.496 e. The first-order valence-corrected chi connectivity index (χ1v) is 10.5.